The fourth-order valence-electron chi connectivity index (χ4n) is 4.38. The predicted molar refractivity (Wildman–Crippen MR) is 161 cm³/mol. The second-order valence-corrected chi connectivity index (χ2v) is 10.1. The van der Waals surface area contributed by atoms with Crippen LogP contribution in [0.3, 0.4) is 0 Å². The maximum Gasteiger partial charge on any atom is 0.343 e. The van der Waals surface area contributed by atoms with E-state index in [2.05, 4.69) is 32.6 Å². The first-order valence-electron chi connectivity index (χ1n) is 14.5. The Morgan fingerprint density at radius 3 is 1.97 bits per heavy atom. The van der Waals surface area contributed by atoms with Crippen molar-refractivity contribution < 1.29 is 19.0 Å². The van der Waals surface area contributed by atoms with Crippen molar-refractivity contribution in [3.05, 3.63) is 91.0 Å². The molecule has 4 heteroatoms. The zero-order chi connectivity index (χ0) is 27.7. The van der Waals surface area contributed by atoms with Crippen molar-refractivity contribution >= 4 is 5.97 Å². The lowest BCUT2D eigenvalue weighted by Crippen LogP contribution is -2.11. The Morgan fingerprint density at radius 1 is 0.744 bits per heavy atom. The van der Waals surface area contributed by atoms with Gasteiger partial charge in [0.05, 0.1) is 18.3 Å². The molecule has 39 heavy (non-hydrogen) atoms. The number of benzene rings is 3. The van der Waals surface area contributed by atoms with Gasteiger partial charge in [-0.15, -0.1) is 6.58 Å². The van der Waals surface area contributed by atoms with E-state index in [9.17, 15) is 4.79 Å². The summed E-state index contributed by atoms with van der Waals surface area (Å²) in [5.41, 5.74) is 2.63. The Labute approximate surface area is 235 Å². The SMILES string of the molecule is C=CCCCCCCOc1ccc(C(=O)Oc2ccc(-c3ccc(O[C@@H](C)CCCCCC)cc3)cc2)cc1. The second-order valence-electron chi connectivity index (χ2n) is 10.1. The first-order valence-corrected chi connectivity index (χ1v) is 14.5. The molecule has 0 aliphatic carbocycles. The van der Waals surface area contributed by atoms with Gasteiger partial charge in [-0.2, -0.15) is 0 Å². The molecule has 0 amide bonds. The molecule has 0 spiro atoms. The topological polar surface area (TPSA) is 44.8 Å². The van der Waals surface area contributed by atoms with Crippen molar-refractivity contribution in [3.8, 4) is 28.4 Å². The van der Waals surface area contributed by atoms with Gasteiger partial charge in [-0.25, -0.2) is 4.79 Å². The van der Waals surface area contributed by atoms with Gasteiger partial charge in [0.2, 0.25) is 0 Å². The lowest BCUT2D eigenvalue weighted by Gasteiger charge is -2.15. The fraction of sp³-hybridized carbons (Fsp3) is 0.400. The summed E-state index contributed by atoms with van der Waals surface area (Å²) in [6.45, 7) is 8.79. The van der Waals surface area contributed by atoms with E-state index in [4.69, 9.17) is 14.2 Å². The molecule has 0 N–H and O–H groups in total. The van der Waals surface area contributed by atoms with Gasteiger partial charge in [-0.1, -0.05) is 69.4 Å². The quantitative estimate of drug-likeness (QED) is 0.0713. The van der Waals surface area contributed by atoms with Crippen LogP contribution >= 0.6 is 0 Å². The van der Waals surface area contributed by atoms with Crippen LogP contribution in [0.2, 0.25) is 0 Å². The minimum Gasteiger partial charge on any atom is -0.494 e. The zero-order valence-corrected chi connectivity index (χ0v) is 23.7. The third-order valence-electron chi connectivity index (χ3n) is 6.72. The summed E-state index contributed by atoms with van der Waals surface area (Å²) < 4.78 is 17.4. The number of carbonyl (C=O) groups excluding carboxylic acids is 1. The molecule has 3 aromatic carbocycles. The highest BCUT2D eigenvalue weighted by Gasteiger charge is 2.10. The van der Waals surface area contributed by atoms with Crippen molar-refractivity contribution in [2.75, 3.05) is 6.61 Å². The van der Waals surface area contributed by atoms with E-state index in [0.717, 1.165) is 48.3 Å². The van der Waals surface area contributed by atoms with Crippen molar-refractivity contribution in [1.29, 1.82) is 0 Å². The van der Waals surface area contributed by atoms with Gasteiger partial charge >= 0.3 is 5.97 Å². The molecule has 0 aliphatic heterocycles. The standard InChI is InChI=1S/C35H44O4/c1-4-6-8-10-11-13-27-37-32-21-19-31(20-22-32)35(36)39-34-25-17-30(18-26-34)29-15-23-33(24-16-29)38-28(3)14-12-9-7-5-2/h4,15-26,28H,1,5-14,27H2,2-3H3/t28-/m0/s1. The van der Waals surface area contributed by atoms with Gasteiger partial charge in [0.1, 0.15) is 17.2 Å². The first-order chi connectivity index (χ1) is 19.1. The zero-order valence-electron chi connectivity index (χ0n) is 23.7. The molecule has 0 radical (unpaired) electrons. The van der Waals surface area contributed by atoms with Crippen molar-refractivity contribution in [2.45, 2.75) is 84.2 Å². The molecule has 0 aliphatic rings. The third-order valence-corrected chi connectivity index (χ3v) is 6.72. The highest BCUT2D eigenvalue weighted by Crippen LogP contribution is 2.26. The van der Waals surface area contributed by atoms with Crippen LogP contribution in [-0.2, 0) is 0 Å². The minimum atomic E-state index is -0.387. The molecule has 3 aromatic rings. The molecule has 208 valence electrons. The van der Waals surface area contributed by atoms with Crippen LogP contribution in [0.15, 0.2) is 85.5 Å². The van der Waals surface area contributed by atoms with Gasteiger partial charge in [0, 0.05) is 0 Å². The van der Waals surface area contributed by atoms with Crippen molar-refractivity contribution in [1.82, 2.24) is 0 Å². The molecule has 0 bridgehead atoms. The first kappa shape index (κ1) is 30.0. The number of ether oxygens (including phenoxy) is 3. The monoisotopic (exact) mass is 528 g/mol. The Bertz CT molecular complexity index is 1100. The predicted octanol–water partition coefficient (Wildman–Crippen LogP) is 9.83. The number of hydrogen-bond acceptors (Lipinski definition) is 4. The summed E-state index contributed by atoms with van der Waals surface area (Å²) in [5.74, 6) is 1.78. The van der Waals surface area contributed by atoms with Crippen LogP contribution < -0.4 is 14.2 Å². The number of esters is 1. The largest absolute Gasteiger partial charge is 0.494 e. The van der Waals surface area contributed by atoms with Gasteiger partial charge in [0.15, 0.2) is 0 Å². The summed E-state index contributed by atoms with van der Waals surface area (Å²) in [6.07, 6.45) is 13.9. The van der Waals surface area contributed by atoms with E-state index in [1.807, 2.05) is 54.6 Å². The maximum atomic E-state index is 12.6. The Balaban J connectivity index is 1.43. The van der Waals surface area contributed by atoms with E-state index >= 15 is 0 Å². The normalized spacial score (nSPS) is 11.5. The van der Waals surface area contributed by atoms with E-state index in [0.29, 0.717) is 17.9 Å². The molecule has 0 saturated heterocycles. The summed E-state index contributed by atoms with van der Waals surface area (Å²) >= 11 is 0. The summed E-state index contributed by atoms with van der Waals surface area (Å²) in [6, 6.07) is 22.8. The summed E-state index contributed by atoms with van der Waals surface area (Å²) in [5, 5.41) is 0. The molecular formula is C35H44O4. The van der Waals surface area contributed by atoms with Crippen LogP contribution in [0.1, 0.15) is 88.4 Å². The second kappa shape index (κ2) is 17.1. The van der Waals surface area contributed by atoms with E-state index in [-0.39, 0.29) is 12.1 Å². The number of carbonyl (C=O) groups is 1. The molecule has 0 unspecified atom stereocenters. The van der Waals surface area contributed by atoms with Crippen LogP contribution in [0, 0.1) is 0 Å². The smallest absolute Gasteiger partial charge is 0.343 e. The Kier molecular flexibility index (Phi) is 13.2. The van der Waals surface area contributed by atoms with E-state index in [1.54, 1.807) is 12.1 Å². The molecule has 0 saturated carbocycles. The highest BCUT2D eigenvalue weighted by molar-refractivity contribution is 5.91. The number of unbranched alkanes of at least 4 members (excludes halogenated alkanes) is 7. The highest BCUT2D eigenvalue weighted by atomic mass is 16.5. The van der Waals surface area contributed by atoms with Crippen LogP contribution in [0.25, 0.3) is 11.1 Å². The molecule has 3 rings (SSSR count). The lowest BCUT2D eigenvalue weighted by molar-refractivity contribution is 0.0734. The van der Waals surface area contributed by atoms with Gasteiger partial charge < -0.3 is 14.2 Å². The Hall–Kier alpha value is -3.53. The van der Waals surface area contributed by atoms with Crippen LogP contribution in [0.5, 0.6) is 17.2 Å². The molecule has 0 heterocycles. The molecule has 1 atom stereocenters. The number of allylic oxidation sites excluding steroid dienone is 1. The number of rotatable bonds is 18. The van der Waals surface area contributed by atoms with E-state index in [1.165, 1.54) is 38.5 Å². The molecule has 4 nitrogen and oxygen atoms in total. The van der Waals surface area contributed by atoms with Gasteiger partial charge in [-0.05, 0) is 98.7 Å². The van der Waals surface area contributed by atoms with Crippen molar-refractivity contribution in [3.63, 3.8) is 0 Å². The molecular weight excluding hydrogens is 484 g/mol. The molecule has 0 aromatic heterocycles. The average molecular weight is 529 g/mol. The summed E-state index contributed by atoms with van der Waals surface area (Å²) in [7, 11) is 0. The van der Waals surface area contributed by atoms with Crippen LogP contribution in [0.4, 0.5) is 0 Å². The van der Waals surface area contributed by atoms with Gasteiger partial charge in [0.25, 0.3) is 0 Å². The number of hydrogen-bond donors (Lipinski definition) is 0. The van der Waals surface area contributed by atoms with E-state index < -0.39 is 0 Å². The van der Waals surface area contributed by atoms with Crippen LogP contribution in [-0.4, -0.2) is 18.7 Å². The third kappa shape index (κ3) is 11.0. The fourth-order valence-corrected chi connectivity index (χ4v) is 4.38. The van der Waals surface area contributed by atoms with Crippen molar-refractivity contribution in [2.24, 2.45) is 0 Å². The summed E-state index contributed by atoms with van der Waals surface area (Å²) in [4.78, 5) is 12.6. The minimum absolute atomic E-state index is 0.216. The Morgan fingerprint density at radius 2 is 1.33 bits per heavy atom. The maximum absolute atomic E-state index is 12.6. The lowest BCUT2D eigenvalue weighted by atomic mass is 10.1. The molecule has 0 fully saturated rings. The average Bonchev–Trinajstić information content (AvgIpc) is 2.96. The van der Waals surface area contributed by atoms with Gasteiger partial charge in [-0.3, -0.25) is 0 Å².